The van der Waals surface area contributed by atoms with Crippen molar-refractivity contribution < 1.29 is 123 Å². The second kappa shape index (κ2) is 77.8. The van der Waals surface area contributed by atoms with Gasteiger partial charge in [-0.05, 0) is 0 Å². The molecule has 0 amide bonds. The standard InChI is InChI=1S/4C10H20.6C5H12O4/c4*1-2-4-6-8-10-9-7-5-3-1;6*6-1-5(2-7,3-8)4-9/h4*1-10H2;6*6-9H,1-4H2. The quantitative estimate of drug-likeness (QED) is 0.0659. The molecule has 0 saturated heterocycles. The van der Waals surface area contributed by atoms with Crippen LogP contribution in [0.15, 0.2) is 0 Å². The summed E-state index contributed by atoms with van der Waals surface area (Å²) in [6, 6.07) is 0. The molecule has 0 heterocycles. The van der Waals surface area contributed by atoms with Crippen molar-refractivity contribution in [2.45, 2.75) is 257 Å². The van der Waals surface area contributed by atoms with Crippen molar-refractivity contribution in [1.29, 1.82) is 0 Å². The first-order chi connectivity index (χ1) is 45.5. The third-order valence-corrected chi connectivity index (χ3v) is 18.0. The lowest BCUT2D eigenvalue weighted by atomic mass is 9.93. The number of hydrogen-bond acceptors (Lipinski definition) is 24. The molecule has 0 spiro atoms. The smallest absolute Gasteiger partial charge is 0.0627 e. The summed E-state index contributed by atoms with van der Waals surface area (Å²) >= 11 is 0. The minimum Gasteiger partial charge on any atom is -0.396 e. The van der Waals surface area contributed by atoms with Crippen LogP contribution in [0.3, 0.4) is 0 Å². The highest BCUT2D eigenvalue weighted by atomic mass is 16.3. The molecule has 0 unspecified atom stereocenters. The normalized spacial score (nSPS) is 17.1. The van der Waals surface area contributed by atoms with Crippen molar-refractivity contribution in [2.75, 3.05) is 159 Å². The van der Waals surface area contributed by atoms with E-state index in [9.17, 15) is 0 Å². The number of rotatable bonds is 24. The van der Waals surface area contributed by atoms with Gasteiger partial charge in [-0.15, -0.1) is 0 Å². The van der Waals surface area contributed by atoms with Crippen molar-refractivity contribution in [1.82, 2.24) is 0 Å². The minimum atomic E-state index is -1.11. The van der Waals surface area contributed by atoms with Gasteiger partial charge in [0.25, 0.3) is 0 Å². The van der Waals surface area contributed by atoms with E-state index in [0.29, 0.717) is 0 Å². The molecule has 24 nitrogen and oxygen atoms in total. The molecule has 0 aliphatic heterocycles. The molecule has 0 bridgehead atoms. The summed E-state index contributed by atoms with van der Waals surface area (Å²) in [6.07, 6.45) is 60.0. The number of hydrogen-bond donors (Lipinski definition) is 24. The first kappa shape index (κ1) is 104. The zero-order valence-electron chi connectivity index (χ0n) is 59.0. The monoisotopic (exact) mass is 1380 g/mol. The Hall–Kier alpha value is -0.960. The Labute approximate surface area is 568 Å². The van der Waals surface area contributed by atoms with Crippen LogP contribution in [0, 0.1) is 32.5 Å². The van der Waals surface area contributed by atoms with Gasteiger partial charge < -0.3 is 123 Å². The zero-order chi connectivity index (χ0) is 72.3. The van der Waals surface area contributed by atoms with Gasteiger partial charge in [0, 0.05) is 0 Å². The molecule has 4 aliphatic rings. The van der Waals surface area contributed by atoms with Crippen LogP contribution in [0.25, 0.3) is 0 Å². The SMILES string of the molecule is C1CCCCCCCCC1.C1CCCCCCCCC1.C1CCCCCCCCC1.C1CCCCCCCCC1.OCC(CO)(CO)CO.OCC(CO)(CO)CO.OCC(CO)(CO)CO.OCC(CO)(CO)CO.OCC(CO)(CO)CO.OCC(CO)(CO)CO. The average molecular weight is 1380 g/mol. The summed E-state index contributed by atoms with van der Waals surface area (Å²) in [5, 5.41) is 204. The molecule has 94 heavy (non-hydrogen) atoms. The summed E-state index contributed by atoms with van der Waals surface area (Å²) in [5.74, 6) is 0. The van der Waals surface area contributed by atoms with Crippen LogP contribution < -0.4 is 0 Å². The summed E-state index contributed by atoms with van der Waals surface area (Å²) in [7, 11) is 0. The van der Waals surface area contributed by atoms with Crippen molar-refractivity contribution in [2.24, 2.45) is 32.5 Å². The predicted octanol–water partition coefficient (Wildman–Crippen LogP) is 3.26. The maximum Gasteiger partial charge on any atom is 0.0627 e. The Morgan fingerprint density at radius 2 is 0.117 bits per heavy atom. The number of aliphatic hydroxyl groups excluding tert-OH is 24. The third-order valence-electron chi connectivity index (χ3n) is 18.0. The van der Waals surface area contributed by atoms with Crippen molar-refractivity contribution in [3.63, 3.8) is 0 Å². The first-order valence-electron chi connectivity index (χ1n) is 36.1. The highest BCUT2D eigenvalue weighted by Gasteiger charge is 2.30. The highest BCUT2D eigenvalue weighted by molar-refractivity contribution is 4.78. The molecule has 4 rings (SSSR count). The van der Waals surface area contributed by atoms with Gasteiger partial charge in [0.1, 0.15) is 0 Å². The first-order valence-corrected chi connectivity index (χ1v) is 36.1. The summed E-state index contributed by atoms with van der Waals surface area (Å²) in [5.41, 5.74) is -6.67. The van der Waals surface area contributed by atoms with E-state index in [4.69, 9.17) is 123 Å². The fraction of sp³-hybridized carbons (Fsp3) is 1.00. The summed E-state index contributed by atoms with van der Waals surface area (Å²) < 4.78 is 0. The maximum absolute atomic E-state index is 8.50. The van der Waals surface area contributed by atoms with Crippen molar-refractivity contribution >= 4 is 0 Å². The van der Waals surface area contributed by atoms with Crippen molar-refractivity contribution in [3.05, 3.63) is 0 Å². The lowest BCUT2D eigenvalue weighted by molar-refractivity contribution is -0.0332. The Morgan fingerprint density at radius 3 is 0.128 bits per heavy atom. The highest BCUT2D eigenvalue weighted by Crippen LogP contribution is 2.21. The van der Waals surface area contributed by atoms with E-state index in [-0.39, 0.29) is 0 Å². The molecule has 24 N–H and O–H groups in total. The molecule has 0 aromatic carbocycles. The van der Waals surface area contributed by atoms with Gasteiger partial charge in [0.2, 0.25) is 0 Å². The van der Waals surface area contributed by atoms with E-state index in [0.717, 1.165) is 0 Å². The van der Waals surface area contributed by atoms with Crippen LogP contribution >= 0.6 is 0 Å². The molecule has 0 aromatic rings. The Morgan fingerprint density at radius 1 is 0.0851 bits per heavy atom. The van der Waals surface area contributed by atoms with Crippen molar-refractivity contribution in [3.8, 4) is 0 Å². The van der Waals surface area contributed by atoms with Crippen LogP contribution in [-0.2, 0) is 0 Å². The molecule has 0 radical (unpaired) electrons. The summed E-state index contributed by atoms with van der Waals surface area (Å²) in [4.78, 5) is 0. The van der Waals surface area contributed by atoms with Gasteiger partial charge in [0.15, 0.2) is 0 Å². The van der Waals surface area contributed by atoms with E-state index in [1.807, 2.05) is 0 Å². The van der Waals surface area contributed by atoms with Gasteiger partial charge >= 0.3 is 0 Å². The molecule has 576 valence electrons. The van der Waals surface area contributed by atoms with Crippen LogP contribution in [0.2, 0.25) is 0 Å². The third kappa shape index (κ3) is 59.9. The lowest BCUT2D eigenvalue weighted by Crippen LogP contribution is -2.37. The largest absolute Gasteiger partial charge is 0.396 e. The summed E-state index contributed by atoms with van der Waals surface area (Å²) in [6.45, 7) is -9.75. The molecule has 24 heteroatoms. The molecular formula is C70H152O24. The van der Waals surface area contributed by atoms with Crippen LogP contribution in [-0.4, -0.2) is 281 Å². The molecule has 0 atom stereocenters. The van der Waals surface area contributed by atoms with Gasteiger partial charge in [-0.2, -0.15) is 0 Å². The molecule has 4 aliphatic carbocycles. The fourth-order valence-electron chi connectivity index (χ4n) is 8.87. The van der Waals surface area contributed by atoms with E-state index in [1.165, 1.54) is 257 Å². The predicted molar refractivity (Wildman–Crippen MR) is 369 cm³/mol. The Balaban J connectivity index is -0.000000229. The molecule has 4 fully saturated rings. The van der Waals surface area contributed by atoms with E-state index < -0.39 is 191 Å². The van der Waals surface area contributed by atoms with E-state index in [1.54, 1.807) is 0 Å². The Kier molecular flexibility index (Phi) is 86.1. The second-order valence-electron chi connectivity index (χ2n) is 26.9. The maximum atomic E-state index is 8.50. The fourth-order valence-corrected chi connectivity index (χ4v) is 8.87. The zero-order valence-corrected chi connectivity index (χ0v) is 59.0. The van der Waals surface area contributed by atoms with Crippen LogP contribution in [0.1, 0.15) is 257 Å². The van der Waals surface area contributed by atoms with Gasteiger partial charge in [0.05, 0.1) is 191 Å². The average Bonchev–Trinajstić information content (AvgIpc) is 2.90. The Bertz CT molecular complexity index is 897. The topological polar surface area (TPSA) is 486 Å². The van der Waals surface area contributed by atoms with Gasteiger partial charge in [-0.1, -0.05) is 257 Å². The molecule has 0 aromatic heterocycles. The van der Waals surface area contributed by atoms with Crippen LogP contribution in [0.5, 0.6) is 0 Å². The van der Waals surface area contributed by atoms with E-state index in [2.05, 4.69) is 0 Å². The lowest BCUT2D eigenvalue weighted by Gasteiger charge is -2.23. The van der Waals surface area contributed by atoms with Gasteiger partial charge in [-0.3, -0.25) is 0 Å². The minimum absolute atomic E-state index is 0.406. The van der Waals surface area contributed by atoms with Gasteiger partial charge in [-0.25, -0.2) is 0 Å². The second-order valence-corrected chi connectivity index (χ2v) is 26.9. The van der Waals surface area contributed by atoms with E-state index >= 15 is 0 Å². The van der Waals surface area contributed by atoms with Crippen LogP contribution in [0.4, 0.5) is 0 Å². The number of aliphatic hydroxyl groups is 24. The molecule has 4 saturated carbocycles. The molecular weight excluding hydrogens is 1220 g/mol.